The molecule has 0 aliphatic carbocycles. The van der Waals surface area contributed by atoms with Crippen molar-refractivity contribution < 1.29 is 19.1 Å². The number of nitrogens with one attached hydrogen (secondary N) is 3. The lowest BCUT2D eigenvalue weighted by molar-refractivity contribution is -0.136. The zero-order valence-corrected chi connectivity index (χ0v) is 18.7. The number of hydrazone groups is 1. The zero-order valence-electron chi connectivity index (χ0n) is 18.0. The standard InChI is InChI=1S/C25H21ClN4O4/c1-2-15-34-20-13-7-17(8-14-20)16-27-30-25(33)24(32)29-22-6-4-3-5-21(22)23(31)28-19-11-9-18(26)10-12-19/h2-14,16H,1,15H2,(H,28,31)(H,29,32)(H,30,33)/b27-16+. The number of rotatable bonds is 8. The maximum atomic E-state index is 12.6. The van der Waals surface area contributed by atoms with Gasteiger partial charge in [-0.2, -0.15) is 5.10 Å². The normalized spacial score (nSPS) is 10.4. The molecule has 0 aromatic heterocycles. The van der Waals surface area contributed by atoms with E-state index in [4.69, 9.17) is 16.3 Å². The van der Waals surface area contributed by atoms with Crippen LogP contribution in [0, 0.1) is 0 Å². The molecule has 0 fully saturated rings. The monoisotopic (exact) mass is 476 g/mol. The second kappa shape index (κ2) is 12.0. The molecular weight excluding hydrogens is 456 g/mol. The Kier molecular flexibility index (Phi) is 8.54. The van der Waals surface area contributed by atoms with E-state index in [2.05, 4.69) is 27.7 Å². The average Bonchev–Trinajstić information content (AvgIpc) is 2.85. The first kappa shape index (κ1) is 24.2. The van der Waals surface area contributed by atoms with Gasteiger partial charge in [-0.1, -0.05) is 36.4 Å². The van der Waals surface area contributed by atoms with Crippen LogP contribution in [-0.2, 0) is 9.59 Å². The fourth-order valence-electron chi connectivity index (χ4n) is 2.72. The van der Waals surface area contributed by atoms with E-state index in [1.807, 2.05) is 0 Å². The van der Waals surface area contributed by atoms with E-state index in [1.54, 1.807) is 66.7 Å². The van der Waals surface area contributed by atoms with Crippen LogP contribution in [0.4, 0.5) is 11.4 Å². The smallest absolute Gasteiger partial charge is 0.329 e. The molecule has 34 heavy (non-hydrogen) atoms. The number of nitrogens with zero attached hydrogens (tertiary/aromatic N) is 1. The van der Waals surface area contributed by atoms with Crippen molar-refractivity contribution in [1.82, 2.24) is 5.43 Å². The molecule has 172 valence electrons. The van der Waals surface area contributed by atoms with Crippen LogP contribution in [0.3, 0.4) is 0 Å². The molecule has 3 amide bonds. The Bertz CT molecular complexity index is 1210. The van der Waals surface area contributed by atoms with Gasteiger partial charge >= 0.3 is 11.8 Å². The van der Waals surface area contributed by atoms with Crippen molar-refractivity contribution in [3.05, 3.63) is 102 Å². The van der Waals surface area contributed by atoms with Crippen molar-refractivity contribution in [3.8, 4) is 5.75 Å². The van der Waals surface area contributed by atoms with Crippen LogP contribution >= 0.6 is 11.6 Å². The Balaban J connectivity index is 1.58. The predicted molar refractivity (Wildman–Crippen MR) is 132 cm³/mol. The Morgan fingerprint density at radius 3 is 2.32 bits per heavy atom. The van der Waals surface area contributed by atoms with Gasteiger partial charge < -0.3 is 15.4 Å². The minimum atomic E-state index is -0.991. The van der Waals surface area contributed by atoms with Crippen molar-refractivity contribution in [3.63, 3.8) is 0 Å². The lowest BCUT2D eigenvalue weighted by atomic mass is 10.1. The molecule has 0 heterocycles. The van der Waals surface area contributed by atoms with E-state index in [1.165, 1.54) is 18.3 Å². The zero-order chi connectivity index (χ0) is 24.3. The highest BCUT2D eigenvalue weighted by Gasteiger charge is 2.17. The molecule has 3 N–H and O–H groups in total. The van der Waals surface area contributed by atoms with Crippen molar-refractivity contribution in [2.24, 2.45) is 5.10 Å². The van der Waals surface area contributed by atoms with Gasteiger partial charge in [-0.15, -0.1) is 0 Å². The highest BCUT2D eigenvalue weighted by molar-refractivity contribution is 6.40. The molecule has 0 aliphatic heterocycles. The van der Waals surface area contributed by atoms with Crippen LogP contribution < -0.4 is 20.8 Å². The predicted octanol–water partition coefficient (Wildman–Crippen LogP) is 4.25. The van der Waals surface area contributed by atoms with Crippen molar-refractivity contribution >= 4 is 46.9 Å². The summed E-state index contributed by atoms with van der Waals surface area (Å²) in [5.41, 5.74) is 3.73. The molecule has 3 aromatic rings. The Morgan fingerprint density at radius 1 is 0.912 bits per heavy atom. The highest BCUT2D eigenvalue weighted by Crippen LogP contribution is 2.19. The number of amides is 3. The minimum Gasteiger partial charge on any atom is -0.490 e. The first-order valence-corrected chi connectivity index (χ1v) is 10.5. The Hall–Kier alpha value is -4.43. The van der Waals surface area contributed by atoms with Gasteiger partial charge in [0.25, 0.3) is 5.91 Å². The van der Waals surface area contributed by atoms with Gasteiger partial charge in [-0.25, -0.2) is 5.43 Å². The summed E-state index contributed by atoms with van der Waals surface area (Å²) in [6.45, 7) is 3.97. The number of halogens is 1. The van der Waals surface area contributed by atoms with Crippen molar-refractivity contribution in [2.45, 2.75) is 0 Å². The fraction of sp³-hybridized carbons (Fsp3) is 0.0400. The lowest BCUT2D eigenvalue weighted by Gasteiger charge is -2.11. The molecular formula is C25H21ClN4O4. The summed E-state index contributed by atoms with van der Waals surface area (Å²) in [5, 5.41) is 9.46. The summed E-state index contributed by atoms with van der Waals surface area (Å²) in [6.07, 6.45) is 3.02. The summed E-state index contributed by atoms with van der Waals surface area (Å²) < 4.78 is 5.39. The number of ether oxygens (including phenoxy) is 1. The van der Waals surface area contributed by atoms with E-state index in [-0.39, 0.29) is 11.3 Å². The summed E-state index contributed by atoms with van der Waals surface area (Å²) >= 11 is 5.86. The van der Waals surface area contributed by atoms with Crippen LogP contribution in [0.5, 0.6) is 5.75 Å². The quantitative estimate of drug-likeness (QED) is 0.195. The molecule has 0 unspecified atom stereocenters. The average molecular weight is 477 g/mol. The number of hydrogen-bond donors (Lipinski definition) is 3. The Morgan fingerprint density at radius 2 is 1.62 bits per heavy atom. The van der Waals surface area contributed by atoms with E-state index in [9.17, 15) is 14.4 Å². The molecule has 8 nitrogen and oxygen atoms in total. The molecule has 3 rings (SSSR count). The van der Waals surface area contributed by atoms with E-state index in [0.717, 1.165) is 0 Å². The third-order valence-corrected chi connectivity index (χ3v) is 4.61. The van der Waals surface area contributed by atoms with E-state index in [0.29, 0.717) is 28.6 Å². The first-order valence-electron chi connectivity index (χ1n) is 10.1. The number of hydrogen-bond acceptors (Lipinski definition) is 5. The van der Waals surface area contributed by atoms with Crippen LogP contribution in [0.25, 0.3) is 0 Å². The van der Waals surface area contributed by atoms with E-state index < -0.39 is 17.7 Å². The van der Waals surface area contributed by atoms with Gasteiger partial charge in [0.2, 0.25) is 0 Å². The highest BCUT2D eigenvalue weighted by atomic mass is 35.5. The molecule has 0 atom stereocenters. The van der Waals surface area contributed by atoms with Crippen LogP contribution in [0.1, 0.15) is 15.9 Å². The first-order chi connectivity index (χ1) is 16.5. The number of carbonyl (C=O) groups excluding carboxylic acids is 3. The number of para-hydroxylation sites is 1. The lowest BCUT2D eigenvalue weighted by Crippen LogP contribution is -2.33. The second-order valence-corrected chi connectivity index (χ2v) is 7.27. The van der Waals surface area contributed by atoms with Crippen LogP contribution in [0.2, 0.25) is 5.02 Å². The van der Waals surface area contributed by atoms with Gasteiger partial charge in [0.05, 0.1) is 17.5 Å². The van der Waals surface area contributed by atoms with Gasteiger partial charge in [-0.3, -0.25) is 14.4 Å². The summed E-state index contributed by atoms with van der Waals surface area (Å²) in [5.74, 6) is -1.76. The number of anilines is 2. The van der Waals surface area contributed by atoms with Gasteiger partial charge in [0.1, 0.15) is 12.4 Å². The summed E-state index contributed by atoms with van der Waals surface area (Å²) in [6, 6.07) is 19.9. The number of carbonyl (C=O) groups is 3. The SMILES string of the molecule is C=CCOc1ccc(/C=N/NC(=O)C(=O)Nc2ccccc2C(=O)Nc2ccc(Cl)cc2)cc1. The van der Waals surface area contributed by atoms with Gasteiger partial charge in [0.15, 0.2) is 0 Å². The van der Waals surface area contributed by atoms with E-state index >= 15 is 0 Å². The van der Waals surface area contributed by atoms with Gasteiger partial charge in [-0.05, 0) is 66.2 Å². The Labute approximate surface area is 201 Å². The molecule has 0 bridgehead atoms. The van der Waals surface area contributed by atoms with Crippen LogP contribution in [0.15, 0.2) is 90.6 Å². The molecule has 0 aliphatic rings. The van der Waals surface area contributed by atoms with Crippen LogP contribution in [-0.4, -0.2) is 30.5 Å². The van der Waals surface area contributed by atoms with Crippen molar-refractivity contribution in [1.29, 1.82) is 0 Å². The maximum Gasteiger partial charge on any atom is 0.329 e. The molecule has 0 saturated carbocycles. The largest absolute Gasteiger partial charge is 0.490 e. The molecule has 0 radical (unpaired) electrons. The topological polar surface area (TPSA) is 109 Å². The minimum absolute atomic E-state index is 0.174. The molecule has 9 heteroatoms. The third kappa shape index (κ3) is 7.04. The van der Waals surface area contributed by atoms with Gasteiger partial charge in [0, 0.05) is 10.7 Å². The third-order valence-electron chi connectivity index (χ3n) is 4.36. The summed E-state index contributed by atoms with van der Waals surface area (Å²) in [4.78, 5) is 37.1. The maximum absolute atomic E-state index is 12.6. The molecule has 0 spiro atoms. The second-order valence-electron chi connectivity index (χ2n) is 6.83. The summed E-state index contributed by atoms with van der Waals surface area (Å²) in [7, 11) is 0. The number of benzene rings is 3. The molecule has 3 aromatic carbocycles. The molecule has 0 saturated heterocycles. The fourth-order valence-corrected chi connectivity index (χ4v) is 2.85. The van der Waals surface area contributed by atoms with Crippen molar-refractivity contribution in [2.75, 3.05) is 17.2 Å².